The molecule has 0 aliphatic rings. The molecule has 33 heavy (non-hydrogen) atoms. The zero-order chi connectivity index (χ0) is 24.4. The molecule has 0 radical (unpaired) electrons. The zero-order valence-electron chi connectivity index (χ0n) is 19.0. The van der Waals surface area contributed by atoms with Gasteiger partial charge < -0.3 is 23.7 Å². The first kappa shape index (κ1) is 25.5. The maximum Gasteiger partial charge on any atom is 0.308 e. The molecule has 0 saturated carbocycles. The molecular formula is C24H26O9. The van der Waals surface area contributed by atoms with Crippen molar-refractivity contribution < 1.29 is 42.9 Å². The van der Waals surface area contributed by atoms with Gasteiger partial charge in [-0.1, -0.05) is 12.1 Å². The zero-order valence-corrected chi connectivity index (χ0v) is 19.0. The Morgan fingerprint density at radius 2 is 0.879 bits per heavy atom. The van der Waals surface area contributed by atoms with Crippen molar-refractivity contribution in [1.29, 1.82) is 0 Å². The number of carbonyl (C=O) groups is 4. The maximum atomic E-state index is 11.3. The van der Waals surface area contributed by atoms with E-state index in [0.29, 0.717) is 26.1 Å². The lowest BCUT2D eigenvalue weighted by Gasteiger charge is -2.12. The Labute approximate surface area is 191 Å². The van der Waals surface area contributed by atoms with Crippen LogP contribution in [0.4, 0.5) is 0 Å². The molecule has 0 aliphatic carbocycles. The molecule has 0 spiro atoms. The highest BCUT2D eigenvalue weighted by Crippen LogP contribution is 2.30. The summed E-state index contributed by atoms with van der Waals surface area (Å²) in [7, 11) is 0. The molecule has 0 saturated heterocycles. The molecule has 2 aromatic carbocycles. The second-order valence-electron chi connectivity index (χ2n) is 7.05. The Hall–Kier alpha value is -3.72. The molecule has 0 bridgehead atoms. The van der Waals surface area contributed by atoms with Crippen LogP contribution in [-0.4, -0.2) is 37.1 Å². The number of carbonyl (C=O) groups excluding carboxylic acids is 4. The van der Waals surface area contributed by atoms with Crippen molar-refractivity contribution >= 4 is 23.9 Å². The second-order valence-corrected chi connectivity index (χ2v) is 7.05. The molecule has 0 aromatic heterocycles. The van der Waals surface area contributed by atoms with E-state index in [1.165, 1.54) is 27.7 Å². The van der Waals surface area contributed by atoms with E-state index in [1.54, 1.807) is 36.4 Å². The smallest absolute Gasteiger partial charge is 0.308 e. The van der Waals surface area contributed by atoms with Gasteiger partial charge in [-0.25, -0.2) is 0 Å². The lowest BCUT2D eigenvalue weighted by atomic mass is 10.1. The van der Waals surface area contributed by atoms with Crippen molar-refractivity contribution in [3.8, 4) is 23.0 Å². The largest absolute Gasteiger partial charge is 0.423 e. The van der Waals surface area contributed by atoms with Gasteiger partial charge >= 0.3 is 23.9 Å². The Morgan fingerprint density at radius 3 is 1.21 bits per heavy atom. The summed E-state index contributed by atoms with van der Waals surface area (Å²) >= 11 is 0. The number of ether oxygens (including phenoxy) is 5. The van der Waals surface area contributed by atoms with E-state index in [1.807, 2.05) is 0 Å². The van der Waals surface area contributed by atoms with Crippen molar-refractivity contribution in [3.05, 3.63) is 47.5 Å². The molecule has 9 nitrogen and oxygen atoms in total. The van der Waals surface area contributed by atoms with Crippen LogP contribution in [0.5, 0.6) is 23.0 Å². The van der Waals surface area contributed by atoms with Crippen molar-refractivity contribution in [2.24, 2.45) is 0 Å². The highest BCUT2D eigenvalue weighted by molar-refractivity contribution is 5.74. The summed E-state index contributed by atoms with van der Waals surface area (Å²) < 4.78 is 26.0. The van der Waals surface area contributed by atoms with Gasteiger partial charge in [-0.15, -0.1) is 0 Å². The number of benzene rings is 2. The summed E-state index contributed by atoms with van der Waals surface area (Å²) in [6.07, 6.45) is 1.08. The molecule has 0 N–H and O–H groups in total. The average Bonchev–Trinajstić information content (AvgIpc) is 2.70. The fourth-order valence-corrected chi connectivity index (χ4v) is 2.85. The molecular weight excluding hydrogens is 432 g/mol. The summed E-state index contributed by atoms with van der Waals surface area (Å²) in [5.41, 5.74) is 1.68. The molecule has 176 valence electrons. The number of hydrogen-bond donors (Lipinski definition) is 0. The summed E-state index contributed by atoms with van der Waals surface area (Å²) in [5, 5.41) is 0. The summed E-state index contributed by atoms with van der Waals surface area (Å²) in [6, 6.07) is 9.90. The normalized spacial score (nSPS) is 10.3. The highest BCUT2D eigenvalue weighted by atomic mass is 16.6. The lowest BCUT2D eigenvalue weighted by molar-refractivity contribution is -0.134. The van der Waals surface area contributed by atoms with Crippen LogP contribution in [0, 0.1) is 0 Å². The van der Waals surface area contributed by atoms with Crippen molar-refractivity contribution in [2.45, 2.75) is 40.5 Å². The maximum absolute atomic E-state index is 11.3. The van der Waals surface area contributed by atoms with Gasteiger partial charge in [0.25, 0.3) is 0 Å². The third-order valence-corrected chi connectivity index (χ3v) is 4.10. The minimum atomic E-state index is -0.523. The highest BCUT2D eigenvalue weighted by Gasteiger charge is 2.13. The monoisotopic (exact) mass is 458 g/mol. The third kappa shape index (κ3) is 9.12. The molecule has 2 aromatic rings. The first-order chi connectivity index (χ1) is 15.6. The fraction of sp³-hybridized carbons (Fsp3) is 0.333. The van der Waals surface area contributed by atoms with E-state index in [-0.39, 0.29) is 23.0 Å². The quantitative estimate of drug-likeness (QED) is 0.301. The van der Waals surface area contributed by atoms with Crippen molar-refractivity contribution in [2.75, 3.05) is 13.2 Å². The van der Waals surface area contributed by atoms with Crippen LogP contribution in [0.25, 0.3) is 0 Å². The second kappa shape index (κ2) is 12.4. The molecule has 0 aliphatic heterocycles. The van der Waals surface area contributed by atoms with Gasteiger partial charge in [0.1, 0.15) is 0 Å². The van der Waals surface area contributed by atoms with Gasteiger partial charge in [0.2, 0.25) is 0 Å². The van der Waals surface area contributed by atoms with Crippen LogP contribution in [0.2, 0.25) is 0 Å². The SMILES string of the molecule is CC(=O)Oc1ccc(CCOCCc2ccc(OC(C)=O)c(OC(C)=O)c2)cc1OC(C)=O. The van der Waals surface area contributed by atoms with Crippen LogP contribution >= 0.6 is 0 Å². The standard InChI is InChI=1S/C24H26O9/c1-15(25)30-21-7-5-19(13-23(21)32-17(3)27)9-11-29-12-10-20-6-8-22(31-16(2)26)24(14-20)33-18(4)28/h5-8,13-14H,9-12H2,1-4H3. The van der Waals surface area contributed by atoms with Gasteiger partial charge in [0.15, 0.2) is 23.0 Å². The molecule has 0 atom stereocenters. The predicted molar refractivity (Wildman–Crippen MR) is 116 cm³/mol. The number of rotatable bonds is 10. The molecule has 2 rings (SSSR count). The van der Waals surface area contributed by atoms with Crippen LogP contribution in [-0.2, 0) is 36.8 Å². The van der Waals surface area contributed by atoms with Crippen LogP contribution in [0.3, 0.4) is 0 Å². The van der Waals surface area contributed by atoms with Gasteiger partial charge in [0, 0.05) is 27.7 Å². The van der Waals surface area contributed by atoms with Crippen LogP contribution in [0.1, 0.15) is 38.8 Å². The average molecular weight is 458 g/mol. The van der Waals surface area contributed by atoms with Gasteiger partial charge in [-0.2, -0.15) is 0 Å². The van der Waals surface area contributed by atoms with Crippen LogP contribution < -0.4 is 18.9 Å². The van der Waals surface area contributed by atoms with Crippen molar-refractivity contribution in [3.63, 3.8) is 0 Å². The molecule has 0 amide bonds. The molecule has 9 heteroatoms. The minimum absolute atomic E-state index is 0.168. The van der Waals surface area contributed by atoms with E-state index >= 15 is 0 Å². The summed E-state index contributed by atoms with van der Waals surface area (Å²) in [5.74, 6) is -1.41. The number of esters is 4. The van der Waals surface area contributed by atoms with Gasteiger partial charge in [-0.3, -0.25) is 19.2 Å². The Bertz CT molecular complexity index is 945. The van der Waals surface area contributed by atoms with E-state index in [4.69, 9.17) is 23.7 Å². The Kier molecular flexibility index (Phi) is 9.56. The third-order valence-electron chi connectivity index (χ3n) is 4.10. The van der Waals surface area contributed by atoms with E-state index in [0.717, 1.165) is 11.1 Å². The van der Waals surface area contributed by atoms with E-state index < -0.39 is 23.9 Å². The number of hydrogen-bond acceptors (Lipinski definition) is 9. The van der Waals surface area contributed by atoms with Gasteiger partial charge in [0.05, 0.1) is 13.2 Å². The summed E-state index contributed by atoms with van der Waals surface area (Å²) in [4.78, 5) is 45.0. The lowest BCUT2D eigenvalue weighted by Crippen LogP contribution is -2.09. The Morgan fingerprint density at radius 1 is 0.545 bits per heavy atom. The molecule has 0 fully saturated rings. The minimum Gasteiger partial charge on any atom is -0.423 e. The Balaban J connectivity index is 1.92. The van der Waals surface area contributed by atoms with Crippen molar-refractivity contribution in [1.82, 2.24) is 0 Å². The predicted octanol–water partition coefficient (Wildman–Crippen LogP) is 3.19. The van der Waals surface area contributed by atoms with Gasteiger partial charge in [-0.05, 0) is 48.2 Å². The molecule has 0 heterocycles. The topological polar surface area (TPSA) is 114 Å². The van der Waals surface area contributed by atoms with E-state index in [2.05, 4.69) is 0 Å². The first-order valence-electron chi connectivity index (χ1n) is 10.2. The summed E-state index contributed by atoms with van der Waals surface area (Å²) in [6.45, 7) is 5.85. The van der Waals surface area contributed by atoms with E-state index in [9.17, 15) is 19.2 Å². The molecule has 0 unspecified atom stereocenters. The van der Waals surface area contributed by atoms with Crippen LogP contribution in [0.15, 0.2) is 36.4 Å². The fourth-order valence-electron chi connectivity index (χ4n) is 2.85. The first-order valence-corrected chi connectivity index (χ1v) is 10.2.